The van der Waals surface area contributed by atoms with Gasteiger partial charge in [-0.05, 0) is 38.6 Å². The molecule has 1 aliphatic rings. The number of rotatable bonds is 5. The fourth-order valence-electron chi connectivity index (χ4n) is 2.08. The van der Waals surface area contributed by atoms with E-state index in [0.29, 0.717) is 13.2 Å². The molecule has 0 atom stereocenters. The average Bonchev–Trinajstić information content (AvgIpc) is 2.67. The van der Waals surface area contributed by atoms with Gasteiger partial charge in [0.25, 0.3) is 5.91 Å². The fourth-order valence-corrected chi connectivity index (χ4v) is 2.08. The average molecular weight is 248 g/mol. The summed E-state index contributed by atoms with van der Waals surface area (Å²) in [5, 5.41) is 3.02. The molecule has 1 heterocycles. The van der Waals surface area contributed by atoms with Crippen LogP contribution in [0.4, 0.5) is 0 Å². The minimum atomic E-state index is 0.110. The molecule has 0 aliphatic carbocycles. The minimum Gasteiger partial charge on any atom is -0.492 e. The van der Waals surface area contributed by atoms with Gasteiger partial charge in [0.05, 0.1) is 0 Å². The number of hydrogen-bond acceptors (Lipinski definition) is 3. The quantitative estimate of drug-likeness (QED) is 0.806. The molecule has 0 spiro atoms. The molecule has 0 fully saturated rings. The van der Waals surface area contributed by atoms with Gasteiger partial charge in [0.15, 0.2) is 0 Å². The number of carbonyl (C=O) groups excluding carboxylic acids is 1. The molecular formula is C14H20N2O2. The molecule has 4 nitrogen and oxygen atoms in total. The molecule has 0 saturated carbocycles. The molecule has 0 aromatic heterocycles. The molecule has 1 aromatic carbocycles. The highest BCUT2D eigenvalue weighted by atomic mass is 16.5. The predicted octanol–water partition coefficient (Wildman–Crippen LogP) is 1.65. The van der Waals surface area contributed by atoms with E-state index in [1.807, 2.05) is 44.0 Å². The van der Waals surface area contributed by atoms with Crippen molar-refractivity contribution in [3.8, 4) is 5.75 Å². The molecular weight excluding hydrogens is 228 g/mol. The number of ether oxygens (including phenoxy) is 1. The summed E-state index contributed by atoms with van der Waals surface area (Å²) in [6.07, 6.45) is 0. The molecule has 4 heteroatoms. The first-order valence-electron chi connectivity index (χ1n) is 6.34. The number of fused-ring (bicyclic) bond motifs is 1. The lowest BCUT2D eigenvalue weighted by Crippen LogP contribution is -2.30. The van der Waals surface area contributed by atoms with Gasteiger partial charge < -0.3 is 15.0 Å². The van der Waals surface area contributed by atoms with Crippen LogP contribution in [0, 0.1) is 0 Å². The Bertz CT molecular complexity index is 443. The molecule has 2 rings (SSSR count). The lowest BCUT2D eigenvalue weighted by molar-refractivity contribution is 0.0730. The number of benzene rings is 1. The molecule has 1 aromatic rings. The first kappa shape index (κ1) is 12.9. The number of carbonyl (C=O) groups is 1. The predicted molar refractivity (Wildman–Crippen MR) is 70.9 cm³/mol. The van der Waals surface area contributed by atoms with E-state index < -0.39 is 0 Å². The van der Waals surface area contributed by atoms with E-state index in [1.54, 1.807) is 0 Å². The molecule has 0 unspecified atom stereocenters. The first-order valence-corrected chi connectivity index (χ1v) is 6.34. The van der Waals surface area contributed by atoms with E-state index in [0.717, 1.165) is 23.4 Å². The maximum absolute atomic E-state index is 12.2. The number of nitrogens with one attached hydrogen (secondary N) is 1. The van der Waals surface area contributed by atoms with Gasteiger partial charge in [-0.1, -0.05) is 6.07 Å². The maximum atomic E-state index is 12.2. The Kier molecular flexibility index (Phi) is 3.87. The Morgan fingerprint density at radius 1 is 1.44 bits per heavy atom. The second-order valence-corrected chi connectivity index (χ2v) is 4.80. The number of likely N-dealkylation sites (N-methyl/N-ethyl adjacent to an activating group) is 1. The summed E-state index contributed by atoms with van der Waals surface area (Å²) in [6.45, 7) is 6.19. The van der Waals surface area contributed by atoms with Crippen LogP contribution < -0.4 is 10.1 Å². The third-order valence-corrected chi connectivity index (χ3v) is 3.16. The van der Waals surface area contributed by atoms with E-state index in [2.05, 4.69) is 5.32 Å². The van der Waals surface area contributed by atoms with Crippen LogP contribution in [0.1, 0.15) is 29.8 Å². The molecule has 18 heavy (non-hydrogen) atoms. The second-order valence-electron chi connectivity index (χ2n) is 4.80. The van der Waals surface area contributed by atoms with Crippen molar-refractivity contribution in [1.82, 2.24) is 10.2 Å². The Morgan fingerprint density at radius 3 is 2.89 bits per heavy atom. The Morgan fingerprint density at radius 2 is 2.22 bits per heavy atom. The molecule has 1 aliphatic heterocycles. The highest BCUT2D eigenvalue weighted by molar-refractivity contribution is 5.98. The summed E-state index contributed by atoms with van der Waals surface area (Å²) >= 11 is 0. The summed E-state index contributed by atoms with van der Waals surface area (Å²) in [5.74, 6) is 0.877. The summed E-state index contributed by atoms with van der Waals surface area (Å²) in [5.41, 5.74) is 1.88. The van der Waals surface area contributed by atoms with Gasteiger partial charge in [-0.25, -0.2) is 0 Å². The maximum Gasteiger partial charge on any atom is 0.254 e. The summed E-state index contributed by atoms with van der Waals surface area (Å²) < 4.78 is 5.58. The summed E-state index contributed by atoms with van der Waals surface area (Å²) in [7, 11) is 1.89. The zero-order valence-electron chi connectivity index (χ0n) is 11.2. The zero-order valence-corrected chi connectivity index (χ0v) is 11.2. The number of amides is 1. The van der Waals surface area contributed by atoms with Gasteiger partial charge in [0.1, 0.15) is 12.4 Å². The summed E-state index contributed by atoms with van der Waals surface area (Å²) in [6, 6.07) is 6.02. The lowest BCUT2D eigenvalue weighted by Gasteiger charge is -2.19. The van der Waals surface area contributed by atoms with Crippen molar-refractivity contribution in [2.24, 2.45) is 0 Å². The van der Waals surface area contributed by atoms with Crippen LogP contribution in [0.25, 0.3) is 0 Å². The van der Waals surface area contributed by atoms with E-state index in [9.17, 15) is 4.79 Å². The molecule has 0 radical (unpaired) electrons. The van der Waals surface area contributed by atoms with Crippen LogP contribution in [0.2, 0.25) is 0 Å². The highest BCUT2D eigenvalue weighted by Crippen LogP contribution is 2.27. The van der Waals surface area contributed by atoms with Crippen molar-refractivity contribution < 1.29 is 9.53 Å². The third kappa shape index (κ3) is 2.48. The van der Waals surface area contributed by atoms with Gasteiger partial charge in [-0.2, -0.15) is 0 Å². The summed E-state index contributed by atoms with van der Waals surface area (Å²) in [4.78, 5) is 14.1. The van der Waals surface area contributed by atoms with E-state index in [-0.39, 0.29) is 11.9 Å². The molecule has 0 bridgehead atoms. The van der Waals surface area contributed by atoms with Gasteiger partial charge in [0, 0.05) is 24.7 Å². The van der Waals surface area contributed by atoms with Crippen molar-refractivity contribution in [1.29, 1.82) is 0 Å². The van der Waals surface area contributed by atoms with Crippen LogP contribution >= 0.6 is 0 Å². The SMILES string of the molecule is CNCCOc1ccc2c(c1)C(=O)N(C(C)C)C2. The van der Waals surface area contributed by atoms with E-state index in [1.165, 1.54) is 0 Å². The Hall–Kier alpha value is -1.55. The van der Waals surface area contributed by atoms with Gasteiger partial charge in [0.2, 0.25) is 0 Å². The van der Waals surface area contributed by atoms with Crippen molar-refractivity contribution in [3.05, 3.63) is 29.3 Å². The Labute approximate surface area is 108 Å². The standard InChI is InChI=1S/C14H20N2O2/c1-10(2)16-9-11-4-5-12(18-7-6-15-3)8-13(11)14(16)17/h4-5,8,10,15H,6-7,9H2,1-3H3. The zero-order chi connectivity index (χ0) is 13.1. The Balaban J connectivity index is 2.12. The molecule has 98 valence electrons. The largest absolute Gasteiger partial charge is 0.492 e. The van der Waals surface area contributed by atoms with Crippen LogP contribution in [-0.2, 0) is 6.54 Å². The third-order valence-electron chi connectivity index (χ3n) is 3.16. The number of hydrogen-bond donors (Lipinski definition) is 1. The van der Waals surface area contributed by atoms with Crippen molar-refractivity contribution in [2.45, 2.75) is 26.4 Å². The van der Waals surface area contributed by atoms with Crippen LogP contribution in [0.15, 0.2) is 18.2 Å². The molecule has 1 N–H and O–H groups in total. The second kappa shape index (κ2) is 5.40. The van der Waals surface area contributed by atoms with E-state index >= 15 is 0 Å². The first-order chi connectivity index (χ1) is 8.63. The number of nitrogens with zero attached hydrogens (tertiary/aromatic N) is 1. The van der Waals surface area contributed by atoms with Gasteiger partial charge in [-0.15, -0.1) is 0 Å². The van der Waals surface area contributed by atoms with Gasteiger partial charge >= 0.3 is 0 Å². The van der Waals surface area contributed by atoms with E-state index in [4.69, 9.17) is 4.74 Å². The van der Waals surface area contributed by atoms with Crippen LogP contribution in [0.5, 0.6) is 5.75 Å². The molecule has 1 amide bonds. The molecule has 0 saturated heterocycles. The van der Waals surface area contributed by atoms with Crippen LogP contribution in [-0.4, -0.2) is 37.0 Å². The fraction of sp³-hybridized carbons (Fsp3) is 0.500. The monoisotopic (exact) mass is 248 g/mol. The minimum absolute atomic E-state index is 0.110. The van der Waals surface area contributed by atoms with Gasteiger partial charge in [-0.3, -0.25) is 4.79 Å². The van der Waals surface area contributed by atoms with Crippen molar-refractivity contribution in [2.75, 3.05) is 20.2 Å². The smallest absolute Gasteiger partial charge is 0.254 e. The van der Waals surface area contributed by atoms with Crippen molar-refractivity contribution in [3.63, 3.8) is 0 Å². The topological polar surface area (TPSA) is 41.6 Å². The normalized spacial score (nSPS) is 14.2. The highest BCUT2D eigenvalue weighted by Gasteiger charge is 2.29. The lowest BCUT2D eigenvalue weighted by atomic mass is 10.1. The van der Waals surface area contributed by atoms with Crippen LogP contribution in [0.3, 0.4) is 0 Å². The van der Waals surface area contributed by atoms with Crippen molar-refractivity contribution >= 4 is 5.91 Å².